The van der Waals surface area contributed by atoms with Crippen LogP contribution < -0.4 is 5.32 Å². The summed E-state index contributed by atoms with van der Waals surface area (Å²) in [6, 6.07) is 10.3. The number of Topliss-reactive ketones (excluding diaryl/α,β-unsaturated/α-hetero) is 2. The predicted molar refractivity (Wildman–Crippen MR) is 179 cm³/mol. The van der Waals surface area contributed by atoms with Crippen molar-refractivity contribution in [3.63, 3.8) is 0 Å². The van der Waals surface area contributed by atoms with Gasteiger partial charge in [-0.15, -0.1) is 0 Å². The van der Waals surface area contributed by atoms with E-state index in [2.05, 4.69) is 22.4 Å². The van der Waals surface area contributed by atoms with E-state index in [1.807, 2.05) is 30.0 Å². The molecule has 1 aliphatic carbocycles. The number of rotatable bonds is 19. The molecule has 0 atom stereocenters. The van der Waals surface area contributed by atoms with Crippen LogP contribution in [0.1, 0.15) is 65.4 Å². The molecule has 3 rings (SSSR count). The second kappa shape index (κ2) is 19.0. The van der Waals surface area contributed by atoms with Gasteiger partial charge in [-0.2, -0.15) is 11.8 Å². The minimum atomic E-state index is -0.966. The first-order chi connectivity index (χ1) is 22.5. The topological polar surface area (TPSA) is 143 Å². The van der Waals surface area contributed by atoms with Gasteiger partial charge in [-0.3, -0.25) is 19.2 Å². The maximum Gasteiger partial charge on any atom is 0.419 e. The quantitative estimate of drug-likeness (QED) is 0.120. The van der Waals surface area contributed by atoms with E-state index in [1.54, 1.807) is 27.7 Å². The lowest BCUT2D eigenvalue weighted by Gasteiger charge is -2.31. The van der Waals surface area contributed by atoms with E-state index in [9.17, 15) is 24.0 Å². The average Bonchev–Trinajstić information content (AvgIpc) is 3.58. The minimum absolute atomic E-state index is 0.0304. The molecule has 0 fully saturated rings. The first-order valence-electron chi connectivity index (χ1n) is 15.8. The Bertz CT molecular complexity index is 1450. The molecule has 0 spiro atoms. The number of amides is 1. The third-order valence-electron chi connectivity index (χ3n) is 7.63. The van der Waals surface area contributed by atoms with Gasteiger partial charge < -0.3 is 19.5 Å². The van der Waals surface area contributed by atoms with Crippen molar-refractivity contribution in [1.82, 2.24) is 14.9 Å². The zero-order valence-electron chi connectivity index (χ0n) is 27.7. The number of carbonyl (C=O) groups excluding carboxylic acids is 5. The molecule has 11 nitrogen and oxygen atoms in total. The molecule has 0 saturated heterocycles. The number of ether oxygens (including phenoxy) is 3. The van der Waals surface area contributed by atoms with Crippen molar-refractivity contribution >= 4 is 41.3 Å². The minimum Gasteiger partial charge on any atom is -0.466 e. The second-order valence-corrected chi connectivity index (χ2v) is 12.9. The highest BCUT2D eigenvalue weighted by Gasteiger charge is 2.39. The lowest BCUT2D eigenvalue weighted by Crippen LogP contribution is -2.33. The van der Waals surface area contributed by atoms with Gasteiger partial charge in [0.25, 0.3) is 0 Å². The molecule has 0 bridgehead atoms. The van der Waals surface area contributed by atoms with Gasteiger partial charge in [-0.05, 0) is 38.0 Å². The number of nitrogens with zero attached hydrogens (tertiary/aromatic N) is 2. The van der Waals surface area contributed by atoms with E-state index < -0.39 is 17.5 Å². The number of aromatic nitrogens is 2. The van der Waals surface area contributed by atoms with Gasteiger partial charge in [-0.1, -0.05) is 44.2 Å². The fourth-order valence-electron chi connectivity index (χ4n) is 5.19. The predicted octanol–water partition coefficient (Wildman–Crippen LogP) is 5.24. The molecule has 1 aromatic heterocycles. The molecule has 12 heteroatoms. The van der Waals surface area contributed by atoms with Crippen LogP contribution in [0.25, 0.3) is 0 Å². The molecule has 1 heterocycles. The fraction of sp³-hybridized carbons (Fsp3) is 0.486. The molecule has 0 saturated carbocycles. The summed E-state index contributed by atoms with van der Waals surface area (Å²) >= 11 is 1.86. The van der Waals surface area contributed by atoms with Crippen molar-refractivity contribution in [2.24, 2.45) is 5.41 Å². The molecule has 0 aliphatic heterocycles. The summed E-state index contributed by atoms with van der Waals surface area (Å²) in [6.07, 6.45) is 4.97. The third-order valence-corrected chi connectivity index (χ3v) is 8.74. The SMILES string of the molecule is CC1=C(CCC(=O)NCCOCCCSCc2ccccc2)C(=O)C(C)=C(C(C)(C)CC(=O)OCCCOC(=O)n2ccnc2)C1=O. The number of carbonyl (C=O) groups is 5. The van der Waals surface area contributed by atoms with Crippen molar-refractivity contribution < 1.29 is 38.2 Å². The Balaban J connectivity index is 1.35. The molecule has 47 heavy (non-hydrogen) atoms. The molecule has 254 valence electrons. The zero-order chi connectivity index (χ0) is 34.2. The van der Waals surface area contributed by atoms with Crippen molar-refractivity contribution in [2.45, 2.75) is 65.6 Å². The molecule has 1 aromatic carbocycles. The van der Waals surface area contributed by atoms with Crippen LogP contribution in [0.5, 0.6) is 0 Å². The fourth-order valence-corrected chi connectivity index (χ4v) is 6.08. The summed E-state index contributed by atoms with van der Waals surface area (Å²) < 4.78 is 17.2. The Morgan fingerprint density at radius 3 is 2.40 bits per heavy atom. The largest absolute Gasteiger partial charge is 0.466 e. The van der Waals surface area contributed by atoms with Crippen molar-refractivity contribution in [3.8, 4) is 0 Å². The third kappa shape index (κ3) is 11.9. The van der Waals surface area contributed by atoms with Gasteiger partial charge in [0.1, 0.15) is 6.33 Å². The first kappa shape index (κ1) is 37.4. The number of allylic oxidation sites excluding steroid dienone is 4. The monoisotopic (exact) mass is 667 g/mol. The van der Waals surface area contributed by atoms with Gasteiger partial charge >= 0.3 is 12.1 Å². The number of hydrogen-bond donors (Lipinski definition) is 1. The van der Waals surface area contributed by atoms with Crippen LogP contribution in [0.2, 0.25) is 0 Å². The Morgan fingerprint density at radius 1 is 0.936 bits per heavy atom. The molecule has 1 amide bonds. The van der Waals surface area contributed by atoms with Crippen LogP contribution in [0.3, 0.4) is 0 Å². The summed E-state index contributed by atoms with van der Waals surface area (Å²) in [5, 5.41) is 2.81. The van der Waals surface area contributed by atoms with E-state index in [0.29, 0.717) is 31.8 Å². The number of nitrogens with one attached hydrogen (secondary N) is 1. The van der Waals surface area contributed by atoms with Crippen molar-refractivity contribution in [3.05, 3.63) is 76.9 Å². The van der Waals surface area contributed by atoms with Crippen molar-refractivity contribution in [1.29, 1.82) is 0 Å². The van der Waals surface area contributed by atoms with Gasteiger partial charge in [0, 0.05) is 71.8 Å². The lowest BCUT2D eigenvalue weighted by atomic mass is 9.70. The highest BCUT2D eigenvalue weighted by atomic mass is 32.2. The summed E-state index contributed by atoms with van der Waals surface area (Å²) in [6.45, 7) is 8.09. The number of thioether (sulfide) groups is 1. The van der Waals surface area contributed by atoms with E-state index in [0.717, 1.165) is 17.9 Å². The lowest BCUT2D eigenvalue weighted by molar-refractivity contribution is -0.145. The molecule has 1 N–H and O–H groups in total. The van der Waals surface area contributed by atoms with Gasteiger partial charge in [-0.25, -0.2) is 14.3 Å². The first-order valence-corrected chi connectivity index (χ1v) is 16.9. The number of ketones is 2. The van der Waals surface area contributed by atoms with Crippen LogP contribution >= 0.6 is 11.8 Å². The molecular weight excluding hydrogens is 622 g/mol. The summed E-state index contributed by atoms with van der Waals surface area (Å²) in [5.41, 5.74) is 1.49. The maximum atomic E-state index is 13.4. The number of hydrogen-bond acceptors (Lipinski definition) is 10. The van der Waals surface area contributed by atoms with Crippen molar-refractivity contribution in [2.75, 3.05) is 38.7 Å². The molecule has 0 radical (unpaired) electrons. The smallest absolute Gasteiger partial charge is 0.419 e. The highest BCUT2D eigenvalue weighted by Crippen LogP contribution is 2.39. The van der Waals surface area contributed by atoms with Crippen LogP contribution in [-0.2, 0) is 39.1 Å². The molecule has 1 aliphatic rings. The van der Waals surface area contributed by atoms with E-state index >= 15 is 0 Å². The molecule has 0 unspecified atom stereocenters. The molecule has 2 aromatic rings. The summed E-state index contributed by atoms with van der Waals surface area (Å²) in [5.74, 6) is 0.609. The number of benzene rings is 1. The Kier molecular flexibility index (Phi) is 15.1. The Hall–Kier alpha value is -4.03. The number of esters is 1. The maximum absolute atomic E-state index is 13.4. The highest BCUT2D eigenvalue weighted by molar-refractivity contribution is 7.98. The standard InChI is InChI=1S/C35H45N3O8S/c1-25-28(12-13-29(39)37-15-20-44-17-9-21-47-23-27-10-6-5-7-11-27)32(41)26(2)31(33(25)42)35(3,4)22-30(40)45-18-8-19-46-34(43)38-16-14-36-24-38/h5-7,10-11,14,16,24H,8-9,12-13,15,17-23H2,1-4H3,(H,37,39). The zero-order valence-corrected chi connectivity index (χ0v) is 28.5. The van der Waals surface area contributed by atoms with Gasteiger partial charge in [0.05, 0.1) is 26.2 Å². The van der Waals surface area contributed by atoms with E-state index in [1.165, 1.54) is 28.9 Å². The van der Waals surface area contributed by atoms with Crippen LogP contribution in [0.15, 0.2) is 71.3 Å². The van der Waals surface area contributed by atoms with Crippen LogP contribution in [0.4, 0.5) is 4.79 Å². The average molecular weight is 668 g/mol. The molecular formula is C35H45N3O8S. The van der Waals surface area contributed by atoms with Crippen LogP contribution in [-0.4, -0.2) is 77.8 Å². The van der Waals surface area contributed by atoms with E-state index in [-0.39, 0.29) is 66.7 Å². The summed E-state index contributed by atoms with van der Waals surface area (Å²) in [4.78, 5) is 67.4. The number of imidazole rings is 1. The Morgan fingerprint density at radius 2 is 1.68 bits per heavy atom. The Labute approximate surface area is 280 Å². The van der Waals surface area contributed by atoms with E-state index in [4.69, 9.17) is 14.2 Å². The van der Waals surface area contributed by atoms with Crippen LogP contribution in [0, 0.1) is 5.41 Å². The summed E-state index contributed by atoms with van der Waals surface area (Å²) in [7, 11) is 0. The van der Waals surface area contributed by atoms with Gasteiger partial charge in [0.2, 0.25) is 5.91 Å². The van der Waals surface area contributed by atoms with Gasteiger partial charge in [0.15, 0.2) is 11.6 Å². The second-order valence-electron chi connectivity index (χ2n) is 11.8. The normalized spacial score (nSPS) is 13.6.